The van der Waals surface area contributed by atoms with Crippen LogP contribution in [-0.2, 0) is 5.60 Å². The molecule has 0 spiro atoms. The van der Waals surface area contributed by atoms with Crippen LogP contribution >= 0.6 is 11.8 Å². The van der Waals surface area contributed by atoms with Gasteiger partial charge in [0.25, 0.3) is 0 Å². The maximum atomic E-state index is 10.5. The second-order valence-electron chi connectivity index (χ2n) is 5.32. The zero-order valence-electron chi connectivity index (χ0n) is 12.7. The molecule has 0 fully saturated rings. The van der Waals surface area contributed by atoms with Gasteiger partial charge in [0.15, 0.2) is 0 Å². The van der Waals surface area contributed by atoms with E-state index in [9.17, 15) is 5.11 Å². The minimum absolute atomic E-state index is 0.714. The summed E-state index contributed by atoms with van der Waals surface area (Å²) in [5, 5.41) is 13.8. The Morgan fingerprint density at radius 2 is 1.62 bits per heavy atom. The molecule has 1 atom stereocenters. The van der Waals surface area contributed by atoms with Crippen molar-refractivity contribution in [3.8, 4) is 0 Å². The third-order valence-electron chi connectivity index (χ3n) is 3.49. The minimum Gasteiger partial charge on any atom is -0.385 e. The lowest BCUT2D eigenvalue weighted by Crippen LogP contribution is -2.27. The van der Waals surface area contributed by atoms with Gasteiger partial charge >= 0.3 is 0 Å². The van der Waals surface area contributed by atoms with Crippen molar-refractivity contribution in [2.24, 2.45) is 0 Å². The van der Waals surface area contributed by atoms with E-state index in [2.05, 4.69) is 36.5 Å². The fraction of sp³-hybridized carbons (Fsp3) is 0.333. The number of hydrogen-bond acceptors (Lipinski definition) is 3. The van der Waals surface area contributed by atoms with Crippen molar-refractivity contribution >= 4 is 11.8 Å². The van der Waals surface area contributed by atoms with Gasteiger partial charge in [-0.2, -0.15) is 0 Å². The summed E-state index contributed by atoms with van der Waals surface area (Å²) in [6, 6.07) is 18.5. The van der Waals surface area contributed by atoms with Crippen molar-refractivity contribution in [3.05, 3.63) is 60.2 Å². The highest BCUT2D eigenvalue weighted by Gasteiger charge is 2.22. The van der Waals surface area contributed by atoms with Gasteiger partial charge in [-0.15, -0.1) is 0 Å². The lowest BCUT2D eigenvalue weighted by molar-refractivity contribution is 0.0481. The Balaban J connectivity index is 2.01. The Morgan fingerprint density at radius 3 is 2.24 bits per heavy atom. The molecule has 0 aliphatic carbocycles. The van der Waals surface area contributed by atoms with Gasteiger partial charge < -0.3 is 10.4 Å². The van der Waals surface area contributed by atoms with Gasteiger partial charge in [0.2, 0.25) is 0 Å². The molecule has 0 amide bonds. The van der Waals surface area contributed by atoms with E-state index < -0.39 is 5.60 Å². The van der Waals surface area contributed by atoms with Crippen LogP contribution in [0.25, 0.3) is 0 Å². The highest BCUT2D eigenvalue weighted by atomic mass is 32.2. The first-order chi connectivity index (χ1) is 10.1. The number of nitrogens with one attached hydrogen (secondary N) is 1. The Morgan fingerprint density at radius 1 is 1.00 bits per heavy atom. The molecule has 3 heteroatoms. The quantitative estimate of drug-likeness (QED) is 0.757. The van der Waals surface area contributed by atoms with E-state index in [4.69, 9.17) is 0 Å². The lowest BCUT2D eigenvalue weighted by atomic mass is 9.93. The van der Waals surface area contributed by atoms with Crippen LogP contribution in [0.15, 0.2) is 64.4 Å². The Hall–Kier alpha value is -1.29. The molecule has 0 aliphatic rings. The Labute approximate surface area is 131 Å². The molecule has 2 rings (SSSR count). The zero-order valence-corrected chi connectivity index (χ0v) is 13.5. The normalized spacial score (nSPS) is 13.9. The largest absolute Gasteiger partial charge is 0.385 e. The van der Waals surface area contributed by atoms with Crippen LogP contribution in [0.3, 0.4) is 0 Å². The maximum Gasteiger partial charge on any atom is 0.0880 e. The molecule has 0 bridgehead atoms. The molecule has 0 aliphatic heterocycles. The summed E-state index contributed by atoms with van der Waals surface area (Å²) in [6.07, 6.45) is 0.714. The SMILES string of the molecule is CCNCCC(C)(O)c1ccc(Sc2ccccc2)cc1. The van der Waals surface area contributed by atoms with Gasteiger partial charge in [0.05, 0.1) is 5.60 Å². The first-order valence-corrected chi connectivity index (χ1v) is 8.20. The molecule has 2 nitrogen and oxygen atoms in total. The smallest absolute Gasteiger partial charge is 0.0880 e. The molecule has 0 radical (unpaired) electrons. The molecular weight excluding hydrogens is 278 g/mol. The summed E-state index contributed by atoms with van der Waals surface area (Å²) in [7, 11) is 0. The molecule has 0 saturated heterocycles. The summed E-state index contributed by atoms with van der Waals surface area (Å²) >= 11 is 1.73. The fourth-order valence-electron chi connectivity index (χ4n) is 2.16. The van der Waals surface area contributed by atoms with E-state index >= 15 is 0 Å². The Kier molecular flexibility index (Phi) is 5.85. The van der Waals surface area contributed by atoms with Gasteiger partial charge in [0.1, 0.15) is 0 Å². The number of benzene rings is 2. The highest BCUT2D eigenvalue weighted by molar-refractivity contribution is 7.99. The predicted octanol–water partition coefficient (Wildman–Crippen LogP) is 4.04. The average Bonchev–Trinajstić information content (AvgIpc) is 2.49. The van der Waals surface area contributed by atoms with Crippen LogP contribution < -0.4 is 5.32 Å². The van der Waals surface area contributed by atoms with Crippen LogP contribution in [0, 0.1) is 0 Å². The molecule has 0 heterocycles. The summed E-state index contributed by atoms with van der Waals surface area (Å²) < 4.78 is 0. The van der Waals surface area contributed by atoms with E-state index in [1.807, 2.05) is 37.3 Å². The third-order valence-corrected chi connectivity index (χ3v) is 4.51. The third kappa shape index (κ3) is 4.88. The summed E-state index contributed by atoms with van der Waals surface area (Å²) in [4.78, 5) is 2.41. The van der Waals surface area contributed by atoms with Crippen LogP contribution in [0.4, 0.5) is 0 Å². The molecule has 0 aromatic heterocycles. The molecule has 0 saturated carbocycles. The van der Waals surface area contributed by atoms with Crippen molar-refractivity contribution in [2.75, 3.05) is 13.1 Å². The second-order valence-corrected chi connectivity index (χ2v) is 6.46. The fourth-order valence-corrected chi connectivity index (χ4v) is 3.00. The van der Waals surface area contributed by atoms with Gasteiger partial charge in [0, 0.05) is 9.79 Å². The van der Waals surface area contributed by atoms with Crippen LogP contribution in [0.5, 0.6) is 0 Å². The first-order valence-electron chi connectivity index (χ1n) is 7.38. The zero-order chi connectivity index (χ0) is 15.1. The molecule has 1 unspecified atom stereocenters. The standard InChI is InChI=1S/C18H23NOS/c1-3-19-14-13-18(2,20)15-9-11-17(12-10-15)21-16-7-5-4-6-8-16/h4-12,19-20H,3,13-14H2,1-2H3. The summed E-state index contributed by atoms with van der Waals surface area (Å²) in [6.45, 7) is 5.71. The number of aliphatic hydroxyl groups is 1. The van der Waals surface area contributed by atoms with Gasteiger partial charge in [-0.1, -0.05) is 49.0 Å². The van der Waals surface area contributed by atoms with E-state index in [0.29, 0.717) is 6.42 Å². The number of rotatable bonds is 7. The van der Waals surface area contributed by atoms with Crippen molar-refractivity contribution in [1.29, 1.82) is 0 Å². The average molecular weight is 301 g/mol. The molecule has 2 N–H and O–H groups in total. The van der Waals surface area contributed by atoms with E-state index in [1.165, 1.54) is 9.79 Å². The minimum atomic E-state index is -0.780. The lowest BCUT2D eigenvalue weighted by Gasteiger charge is -2.24. The van der Waals surface area contributed by atoms with E-state index in [0.717, 1.165) is 18.7 Å². The van der Waals surface area contributed by atoms with Crippen molar-refractivity contribution < 1.29 is 5.11 Å². The van der Waals surface area contributed by atoms with Crippen LogP contribution in [0.2, 0.25) is 0 Å². The second kappa shape index (κ2) is 7.64. The molecule has 112 valence electrons. The van der Waals surface area contributed by atoms with Gasteiger partial charge in [-0.25, -0.2) is 0 Å². The number of hydrogen-bond donors (Lipinski definition) is 2. The summed E-state index contributed by atoms with van der Waals surface area (Å²) in [5.41, 5.74) is 0.191. The van der Waals surface area contributed by atoms with Gasteiger partial charge in [-0.05, 0) is 56.3 Å². The topological polar surface area (TPSA) is 32.3 Å². The van der Waals surface area contributed by atoms with E-state index in [-0.39, 0.29) is 0 Å². The monoisotopic (exact) mass is 301 g/mol. The van der Waals surface area contributed by atoms with E-state index in [1.54, 1.807) is 11.8 Å². The molecule has 2 aromatic carbocycles. The molecule has 2 aromatic rings. The van der Waals surface area contributed by atoms with Crippen LogP contribution in [-0.4, -0.2) is 18.2 Å². The Bertz CT molecular complexity index is 537. The molecular formula is C18H23NOS. The summed E-state index contributed by atoms with van der Waals surface area (Å²) in [5.74, 6) is 0. The van der Waals surface area contributed by atoms with Crippen molar-refractivity contribution in [2.45, 2.75) is 35.7 Å². The van der Waals surface area contributed by atoms with Crippen molar-refractivity contribution in [3.63, 3.8) is 0 Å². The van der Waals surface area contributed by atoms with Gasteiger partial charge in [-0.3, -0.25) is 0 Å². The predicted molar refractivity (Wildman–Crippen MR) is 89.7 cm³/mol. The highest BCUT2D eigenvalue weighted by Crippen LogP contribution is 2.30. The molecule has 21 heavy (non-hydrogen) atoms. The first kappa shape index (κ1) is 16.1. The van der Waals surface area contributed by atoms with Crippen molar-refractivity contribution in [1.82, 2.24) is 5.32 Å². The van der Waals surface area contributed by atoms with Crippen LogP contribution in [0.1, 0.15) is 25.8 Å². The maximum absolute atomic E-state index is 10.5.